The lowest BCUT2D eigenvalue weighted by Crippen LogP contribution is -2.51. The average molecular weight is 318 g/mol. The topological polar surface area (TPSA) is 58.6 Å². The Morgan fingerprint density at radius 1 is 1.26 bits per heavy atom. The summed E-state index contributed by atoms with van der Waals surface area (Å²) in [6.07, 6.45) is 0.264. The quantitative estimate of drug-likeness (QED) is 0.905. The SMILES string of the molecule is CCC(=O)NCC(=O)N1C[C@@H](c2ccccc2)O[C@@H](C(C)C)C1. The summed E-state index contributed by atoms with van der Waals surface area (Å²) in [5, 5.41) is 2.66. The molecule has 0 bridgehead atoms. The maximum absolute atomic E-state index is 12.4. The van der Waals surface area contributed by atoms with Gasteiger partial charge in [-0.05, 0) is 11.5 Å². The van der Waals surface area contributed by atoms with Crippen LogP contribution in [0.25, 0.3) is 0 Å². The van der Waals surface area contributed by atoms with Gasteiger partial charge < -0.3 is 15.0 Å². The van der Waals surface area contributed by atoms with Crippen molar-refractivity contribution in [3.63, 3.8) is 0 Å². The molecule has 0 radical (unpaired) electrons. The van der Waals surface area contributed by atoms with Crippen molar-refractivity contribution < 1.29 is 14.3 Å². The molecule has 2 rings (SSSR count). The molecule has 126 valence electrons. The van der Waals surface area contributed by atoms with Crippen molar-refractivity contribution in [3.05, 3.63) is 35.9 Å². The van der Waals surface area contributed by atoms with Crippen LogP contribution in [0, 0.1) is 5.92 Å². The monoisotopic (exact) mass is 318 g/mol. The molecule has 1 aromatic rings. The summed E-state index contributed by atoms with van der Waals surface area (Å²) in [5.74, 6) is 0.162. The van der Waals surface area contributed by atoms with Crippen LogP contribution in [0.3, 0.4) is 0 Å². The van der Waals surface area contributed by atoms with Crippen molar-refractivity contribution >= 4 is 11.8 Å². The summed E-state index contributed by atoms with van der Waals surface area (Å²) in [4.78, 5) is 25.6. The summed E-state index contributed by atoms with van der Waals surface area (Å²) in [6.45, 7) is 7.11. The van der Waals surface area contributed by atoms with Gasteiger partial charge in [-0.2, -0.15) is 0 Å². The molecule has 5 heteroatoms. The van der Waals surface area contributed by atoms with Gasteiger partial charge in [0.1, 0.15) is 6.10 Å². The van der Waals surface area contributed by atoms with E-state index in [1.807, 2.05) is 35.2 Å². The Hall–Kier alpha value is -1.88. The molecule has 1 fully saturated rings. The van der Waals surface area contributed by atoms with Crippen molar-refractivity contribution in [2.75, 3.05) is 19.6 Å². The largest absolute Gasteiger partial charge is 0.366 e. The molecule has 0 aliphatic carbocycles. The van der Waals surface area contributed by atoms with E-state index in [1.54, 1.807) is 6.92 Å². The van der Waals surface area contributed by atoms with Gasteiger partial charge in [-0.3, -0.25) is 9.59 Å². The molecular formula is C18H26N2O3. The molecule has 0 saturated carbocycles. The number of carbonyl (C=O) groups excluding carboxylic acids is 2. The first-order valence-corrected chi connectivity index (χ1v) is 8.26. The average Bonchev–Trinajstić information content (AvgIpc) is 2.59. The summed E-state index contributed by atoms with van der Waals surface area (Å²) in [7, 11) is 0. The zero-order valence-corrected chi connectivity index (χ0v) is 14.1. The van der Waals surface area contributed by atoms with Crippen molar-refractivity contribution in [2.24, 2.45) is 5.92 Å². The van der Waals surface area contributed by atoms with Crippen LogP contribution >= 0.6 is 0 Å². The van der Waals surface area contributed by atoms with Crippen LogP contribution < -0.4 is 5.32 Å². The van der Waals surface area contributed by atoms with Crippen LogP contribution in [-0.2, 0) is 14.3 Å². The molecule has 1 aromatic carbocycles. The van der Waals surface area contributed by atoms with Crippen LogP contribution in [0.15, 0.2) is 30.3 Å². The molecule has 2 amide bonds. The number of hydrogen-bond acceptors (Lipinski definition) is 3. The van der Waals surface area contributed by atoms with Gasteiger partial charge in [0.05, 0.1) is 19.2 Å². The molecule has 1 heterocycles. The van der Waals surface area contributed by atoms with Crippen LogP contribution in [0.1, 0.15) is 38.9 Å². The molecule has 1 aliphatic rings. The van der Waals surface area contributed by atoms with E-state index >= 15 is 0 Å². The van der Waals surface area contributed by atoms with Crippen LogP contribution in [0.4, 0.5) is 0 Å². The minimum absolute atomic E-state index is 0.000201. The number of benzene rings is 1. The molecule has 1 saturated heterocycles. The lowest BCUT2D eigenvalue weighted by atomic mass is 10.0. The van der Waals surface area contributed by atoms with E-state index in [2.05, 4.69) is 19.2 Å². The van der Waals surface area contributed by atoms with Crippen molar-refractivity contribution in [1.29, 1.82) is 0 Å². The predicted octanol–water partition coefficient (Wildman–Crippen LogP) is 2.14. The lowest BCUT2D eigenvalue weighted by molar-refractivity contribution is -0.150. The normalized spacial score (nSPS) is 21.3. The number of carbonyl (C=O) groups is 2. The molecule has 0 unspecified atom stereocenters. The third kappa shape index (κ3) is 4.79. The first-order valence-electron chi connectivity index (χ1n) is 8.26. The maximum Gasteiger partial charge on any atom is 0.242 e. The van der Waals surface area contributed by atoms with Crippen molar-refractivity contribution in [2.45, 2.75) is 39.4 Å². The van der Waals surface area contributed by atoms with Gasteiger partial charge in [0.15, 0.2) is 0 Å². The molecule has 1 aliphatic heterocycles. The minimum atomic E-state index is -0.122. The second-order valence-corrected chi connectivity index (χ2v) is 6.25. The predicted molar refractivity (Wildman–Crippen MR) is 88.8 cm³/mol. The number of nitrogens with one attached hydrogen (secondary N) is 1. The number of amides is 2. The van der Waals surface area contributed by atoms with Crippen LogP contribution in [0.2, 0.25) is 0 Å². The van der Waals surface area contributed by atoms with Gasteiger partial charge in [-0.15, -0.1) is 0 Å². The fourth-order valence-corrected chi connectivity index (χ4v) is 2.62. The van der Waals surface area contributed by atoms with E-state index in [1.165, 1.54) is 0 Å². The Morgan fingerprint density at radius 2 is 1.96 bits per heavy atom. The van der Waals surface area contributed by atoms with E-state index < -0.39 is 0 Å². The van der Waals surface area contributed by atoms with Crippen LogP contribution in [-0.4, -0.2) is 42.5 Å². The fourth-order valence-electron chi connectivity index (χ4n) is 2.62. The third-order valence-corrected chi connectivity index (χ3v) is 4.15. The third-order valence-electron chi connectivity index (χ3n) is 4.15. The van der Waals surface area contributed by atoms with E-state index in [-0.39, 0.29) is 30.6 Å². The summed E-state index contributed by atoms with van der Waals surface area (Å²) in [5.41, 5.74) is 1.08. The van der Waals surface area contributed by atoms with Crippen molar-refractivity contribution in [3.8, 4) is 0 Å². The van der Waals surface area contributed by atoms with E-state index in [4.69, 9.17) is 4.74 Å². The Morgan fingerprint density at radius 3 is 2.57 bits per heavy atom. The number of morpholine rings is 1. The van der Waals surface area contributed by atoms with Gasteiger partial charge in [0.2, 0.25) is 11.8 Å². The zero-order chi connectivity index (χ0) is 16.8. The summed E-state index contributed by atoms with van der Waals surface area (Å²) < 4.78 is 6.18. The van der Waals surface area contributed by atoms with Gasteiger partial charge >= 0.3 is 0 Å². The molecule has 5 nitrogen and oxygen atoms in total. The number of hydrogen-bond donors (Lipinski definition) is 1. The van der Waals surface area contributed by atoms with Crippen molar-refractivity contribution in [1.82, 2.24) is 10.2 Å². The molecule has 0 aromatic heterocycles. The van der Waals surface area contributed by atoms with E-state index in [0.717, 1.165) is 5.56 Å². The smallest absolute Gasteiger partial charge is 0.242 e. The summed E-state index contributed by atoms with van der Waals surface area (Å²) in [6, 6.07) is 9.97. The first kappa shape index (κ1) is 17.5. The Bertz CT molecular complexity index is 530. The second kappa shape index (κ2) is 8.11. The number of rotatable bonds is 5. The fraction of sp³-hybridized carbons (Fsp3) is 0.556. The second-order valence-electron chi connectivity index (χ2n) is 6.25. The van der Waals surface area contributed by atoms with Crippen LogP contribution in [0.5, 0.6) is 0 Å². The molecule has 1 N–H and O–H groups in total. The zero-order valence-electron chi connectivity index (χ0n) is 14.1. The lowest BCUT2D eigenvalue weighted by Gasteiger charge is -2.40. The van der Waals surface area contributed by atoms with E-state index in [9.17, 15) is 9.59 Å². The van der Waals surface area contributed by atoms with Gasteiger partial charge in [0.25, 0.3) is 0 Å². The number of nitrogens with zero attached hydrogens (tertiary/aromatic N) is 1. The molecular weight excluding hydrogens is 292 g/mol. The van der Waals surface area contributed by atoms with Gasteiger partial charge in [0, 0.05) is 13.0 Å². The Kier molecular flexibility index (Phi) is 6.16. The minimum Gasteiger partial charge on any atom is -0.366 e. The molecule has 0 spiro atoms. The maximum atomic E-state index is 12.4. The molecule has 2 atom stereocenters. The highest BCUT2D eigenvalue weighted by Gasteiger charge is 2.32. The highest BCUT2D eigenvalue weighted by atomic mass is 16.5. The number of ether oxygens (including phenoxy) is 1. The standard InChI is InChI=1S/C18H26N2O3/c1-4-17(21)19-10-18(22)20-11-15(13(2)3)23-16(12-20)14-8-6-5-7-9-14/h5-9,13,15-16H,4,10-12H2,1-3H3,(H,19,21)/t15-,16+/m1/s1. The highest BCUT2D eigenvalue weighted by Crippen LogP contribution is 2.28. The Labute approximate surface area is 138 Å². The van der Waals surface area contributed by atoms with Gasteiger partial charge in [-0.25, -0.2) is 0 Å². The van der Waals surface area contributed by atoms with Gasteiger partial charge in [-0.1, -0.05) is 51.1 Å². The molecule has 23 heavy (non-hydrogen) atoms. The van der Waals surface area contributed by atoms with E-state index in [0.29, 0.717) is 25.4 Å². The first-order chi connectivity index (χ1) is 11.0. The summed E-state index contributed by atoms with van der Waals surface area (Å²) >= 11 is 0. The Balaban J connectivity index is 2.06. The highest BCUT2D eigenvalue weighted by molar-refractivity contribution is 5.84.